The minimum Gasteiger partial charge on any atom is -0.396 e. The zero-order valence-corrected chi connectivity index (χ0v) is 20.9. The molecule has 0 amide bonds. The van der Waals surface area contributed by atoms with Crippen LogP contribution in [0.15, 0.2) is 0 Å². The predicted octanol–water partition coefficient (Wildman–Crippen LogP) is 7.73. The van der Waals surface area contributed by atoms with Crippen LogP contribution in [0.4, 0.5) is 0 Å². The van der Waals surface area contributed by atoms with Gasteiger partial charge in [0.1, 0.15) is 0 Å². The Morgan fingerprint density at radius 1 is 0.517 bits per heavy atom. The van der Waals surface area contributed by atoms with Crippen LogP contribution in [0.2, 0.25) is 0 Å². The first-order chi connectivity index (χ1) is 13.4. The summed E-state index contributed by atoms with van der Waals surface area (Å²) >= 11 is 8.44. The van der Waals surface area contributed by atoms with Crippen LogP contribution >= 0.6 is 47.0 Å². The van der Waals surface area contributed by atoms with Gasteiger partial charge in [-0.15, -0.1) is 0 Å². The third-order valence-corrected chi connectivity index (χ3v) is 8.52. The van der Waals surface area contributed by atoms with Gasteiger partial charge in [-0.3, -0.25) is 0 Å². The van der Waals surface area contributed by atoms with Gasteiger partial charge >= 0.3 is 0 Å². The maximum absolute atomic E-state index is 8.68. The Hall–Kier alpha value is 1.32. The molecule has 0 aromatic rings. The van der Waals surface area contributed by atoms with Crippen molar-refractivity contribution < 1.29 is 9.84 Å². The lowest BCUT2D eigenvalue weighted by Gasteiger charge is -2.05. The maximum atomic E-state index is 8.68. The number of hydrogen-bond acceptors (Lipinski definition) is 6. The van der Waals surface area contributed by atoms with Crippen LogP contribution in [0.1, 0.15) is 79.6 Å². The Morgan fingerprint density at radius 3 is 1.34 bits per heavy atom. The maximum Gasteiger partial charge on any atom is 0.0556 e. The van der Waals surface area contributed by atoms with Gasteiger partial charge in [0, 0.05) is 19.0 Å². The molecule has 0 rings (SSSR count). The number of aliphatic hydroxyl groups excluding tert-OH is 1. The summed E-state index contributed by atoms with van der Waals surface area (Å²) in [6.07, 6.45) is 11.5. The summed E-state index contributed by atoms with van der Waals surface area (Å²) in [5.41, 5.74) is 0. The molecule has 0 radical (unpaired) electrons. The van der Waals surface area contributed by atoms with E-state index in [4.69, 9.17) is 9.84 Å². The number of hydrogen-bond donors (Lipinski definition) is 1. The molecule has 0 fully saturated rings. The third-order valence-electron chi connectivity index (χ3n) is 3.90. The molecule has 29 heavy (non-hydrogen) atoms. The highest BCUT2D eigenvalue weighted by molar-refractivity contribution is 8.00. The fourth-order valence-corrected chi connectivity index (χ4v) is 6.10. The van der Waals surface area contributed by atoms with Gasteiger partial charge < -0.3 is 9.84 Å². The lowest BCUT2D eigenvalue weighted by atomic mass is 10.3. The van der Waals surface area contributed by atoms with E-state index in [1.54, 1.807) is 0 Å². The van der Waals surface area contributed by atoms with Crippen LogP contribution in [-0.4, -0.2) is 71.0 Å². The number of unbranched alkanes of at least 4 members (excludes halogenated alkanes) is 4. The highest BCUT2D eigenvalue weighted by Crippen LogP contribution is 2.14. The normalized spacial score (nSPS) is 10.6. The fourth-order valence-electron chi connectivity index (χ4n) is 2.31. The summed E-state index contributed by atoms with van der Waals surface area (Å²) in [7, 11) is 0. The van der Waals surface area contributed by atoms with E-state index < -0.39 is 0 Å². The van der Waals surface area contributed by atoms with Gasteiger partial charge in [-0.25, -0.2) is 0 Å². The van der Waals surface area contributed by atoms with E-state index in [0.717, 1.165) is 31.8 Å². The second-order valence-electron chi connectivity index (χ2n) is 6.61. The fraction of sp³-hybridized carbons (Fsp3) is 1.00. The first kappa shape index (κ1) is 34.9. The topological polar surface area (TPSA) is 29.5 Å². The van der Waals surface area contributed by atoms with Crippen molar-refractivity contribution in [2.75, 3.05) is 65.8 Å². The lowest BCUT2D eigenvalue weighted by molar-refractivity contribution is 0.139. The van der Waals surface area contributed by atoms with E-state index in [-0.39, 0.29) is 21.5 Å². The Bertz CT molecular complexity index is 235. The van der Waals surface area contributed by atoms with E-state index in [1.807, 2.05) is 11.8 Å². The Balaban J connectivity index is -0.00000338. The molecule has 0 atom stereocenters. The standard InChI is InChI=1S/C21H44O2S4.2CH4/c1-2-14-24-15-5-6-16-25-17-7-8-18-26-19-9-10-20-27-21-13-23-12-4-3-11-22;;/h22H,2-21H2,1H3;2*1H4. The van der Waals surface area contributed by atoms with Gasteiger partial charge in [-0.05, 0) is 98.1 Å². The summed E-state index contributed by atoms with van der Waals surface area (Å²) < 4.78 is 5.53. The molecule has 0 heterocycles. The van der Waals surface area contributed by atoms with Crippen molar-refractivity contribution in [1.82, 2.24) is 0 Å². The molecule has 0 aliphatic rings. The predicted molar refractivity (Wildman–Crippen MR) is 148 cm³/mol. The second kappa shape index (κ2) is 33.9. The van der Waals surface area contributed by atoms with Crippen molar-refractivity contribution in [2.45, 2.75) is 79.6 Å². The van der Waals surface area contributed by atoms with Gasteiger partial charge in [0.2, 0.25) is 0 Å². The molecule has 0 unspecified atom stereocenters. The first-order valence-corrected chi connectivity index (χ1v) is 15.5. The largest absolute Gasteiger partial charge is 0.396 e. The molecule has 180 valence electrons. The van der Waals surface area contributed by atoms with E-state index in [2.05, 4.69) is 42.2 Å². The molecule has 2 nitrogen and oxygen atoms in total. The zero-order valence-electron chi connectivity index (χ0n) is 17.6. The molecule has 0 aliphatic heterocycles. The molecule has 0 spiro atoms. The lowest BCUT2D eigenvalue weighted by Crippen LogP contribution is -2.00. The molecule has 1 N–H and O–H groups in total. The Morgan fingerprint density at radius 2 is 0.931 bits per heavy atom. The van der Waals surface area contributed by atoms with Gasteiger partial charge in [0.25, 0.3) is 0 Å². The van der Waals surface area contributed by atoms with Crippen LogP contribution in [-0.2, 0) is 4.74 Å². The van der Waals surface area contributed by atoms with Gasteiger partial charge in [-0.2, -0.15) is 47.0 Å². The highest BCUT2D eigenvalue weighted by Gasteiger charge is 1.96. The number of ether oxygens (including phenoxy) is 1. The summed E-state index contributed by atoms with van der Waals surface area (Å²) in [6.45, 7) is 4.21. The molecule has 0 bridgehead atoms. The van der Waals surface area contributed by atoms with E-state index in [9.17, 15) is 0 Å². The number of rotatable bonds is 24. The van der Waals surface area contributed by atoms with E-state index in [1.165, 1.54) is 85.2 Å². The van der Waals surface area contributed by atoms with Gasteiger partial charge in [-0.1, -0.05) is 21.8 Å². The van der Waals surface area contributed by atoms with Crippen molar-refractivity contribution in [1.29, 1.82) is 0 Å². The quantitative estimate of drug-likeness (QED) is 0.140. The van der Waals surface area contributed by atoms with Crippen molar-refractivity contribution in [2.24, 2.45) is 0 Å². The number of thioether (sulfide) groups is 4. The summed E-state index contributed by atoms with van der Waals surface area (Å²) in [5.74, 6) is 10.5. The molecular weight excluding hydrogens is 437 g/mol. The Kier molecular flexibility index (Phi) is 40.9. The minimum atomic E-state index is 0. The third kappa shape index (κ3) is 34.1. The SMILES string of the molecule is C.C.CCCSCCCCSCCCCSCCCCSCCOCCCCO. The van der Waals surface area contributed by atoms with Crippen LogP contribution in [0.25, 0.3) is 0 Å². The first-order valence-electron chi connectivity index (χ1n) is 10.9. The summed E-state index contributed by atoms with van der Waals surface area (Å²) in [5, 5.41) is 8.68. The van der Waals surface area contributed by atoms with Crippen molar-refractivity contribution >= 4 is 47.0 Å². The van der Waals surface area contributed by atoms with Gasteiger partial charge in [0.05, 0.1) is 6.61 Å². The molecule has 0 aromatic carbocycles. The highest BCUT2D eigenvalue weighted by atomic mass is 32.2. The summed E-state index contributed by atoms with van der Waals surface area (Å²) in [4.78, 5) is 0. The molecule has 6 heteroatoms. The monoisotopic (exact) mass is 488 g/mol. The number of aliphatic hydroxyl groups is 1. The molecular formula is C23H52O2S4. The Labute approximate surface area is 201 Å². The average molecular weight is 489 g/mol. The second-order valence-corrected chi connectivity index (χ2v) is 11.5. The molecule has 0 saturated carbocycles. The van der Waals surface area contributed by atoms with Crippen molar-refractivity contribution in [3.8, 4) is 0 Å². The zero-order chi connectivity index (χ0) is 19.7. The molecule has 0 aliphatic carbocycles. The minimum absolute atomic E-state index is 0. The van der Waals surface area contributed by atoms with Crippen molar-refractivity contribution in [3.63, 3.8) is 0 Å². The smallest absolute Gasteiger partial charge is 0.0556 e. The van der Waals surface area contributed by atoms with Crippen LogP contribution < -0.4 is 0 Å². The molecule has 0 saturated heterocycles. The van der Waals surface area contributed by atoms with E-state index in [0.29, 0.717) is 0 Å². The van der Waals surface area contributed by atoms with Crippen LogP contribution in [0.3, 0.4) is 0 Å². The molecule has 0 aromatic heterocycles. The van der Waals surface area contributed by atoms with E-state index >= 15 is 0 Å². The van der Waals surface area contributed by atoms with Gasteiger partial charge in [0.15, 0.2) is 0 Å². The average Bonchev–Trinajstić information content (AvgIpc) is 2.68. The summed E-state index contributed by atoms with van der Waals surface area (Å²) in [6, 6.07) is 0. The van der Waals surface area contributed by atoms with Crippen molar-refractivity contribution in [3.05, 3.63) is 0 Å². The van der Waals surface area contributed by atoms with Crippen LogP contribution in [0, 0.1) is 0 Å². The van der Waals surface area contributed by atoms with Crippen LogP contribution in [0.5, 0.6) is 0 Å².